The molecule has 0 radical (unpaired) electrons. The first-order chi connectivity index (χ1) is 6.31. The summed E-state index contributed by atoms with van der Waals surface area (Å²) in [5, 5.41) is 0. The van der Waals surface area contributed by atoms with Crippen LogP contribution in [0.3, 0.4) is 0 Å². The van der Waals surface area contributed by atoms with E-state index in [4.69, 9.17) is 0 Å². The molecule has 0 N–H and O–H groups in total. The van der Waals surface area contributed by atoms with E-state index in [1.807, 2.05) is 0 Å². The number of carbonyl (C=O) groups excluding carboxylic acids is 1. The summed E-state index contributed by atoms with van der Waals surface area (Å²) in [6.45, 7) is 0. The second-order valence-electron chi connectivity index (χ2n) is 2.52. The molecule has 0 aliphatic carbocycles. The molecule has 4 nitrogen and oxygen atoms in total. The number of rotatable bonds is 1. The lowest BCUT2D eigenvalue weighted by molar-refractivity contribution is 0.0601. The van der Waals surface area contributed by atoms with Crippen LogP contribution in [-0.2, 0) is 4.74 Å². The van der Waals surface area contributed by atoms with Crippen LogP contribution in [0.1, 0.15) is 10.4 Å². The van der Waals surface area contributed by atoms with E-state index in [-0.39, 0.29) is 5.97 Å². The fraction of sp³-hybridized carbons (Fsp3) is 0.111. The van der Waals surface area contributed by atoms with Crippen LogP contribution in [0, 0.1) is 0 Å². The van der Waals surface area contributed by atoms with Crippen molar-refractivity contribution in [1.82, 2.24) is 0 Å². The monoisotopic (exact) mass is 174 g/mol. The third-order valence-corrected chi connectivity index (χ3v) is 1.74. The molecule has 0 atom stereocenters. The van der Waals surface area contributed by atoms with Crippen LogP contribution in [0.5, 0.6) is 0 Å². The zero-order valence-corrected chi connectivity index (χ0v) is 6.94. The van der Waals surface area contributed by atoms with E-state index >= 15 is 0 Å². The van der Waals surface area contributed by atoms with Gasteiger partial charge in [-0.25, -0.2) is 4.79 Å². The molecule has 0 bridgehead atoms. The van der Waals surface area contributed by atoms with Crippen molar-refractivity contribution in [3.05, 3.63) is 23.8 Å². The van der Waals surface area contributed by atoms with Crippen molar-refractivity contribution in [3.63, 3.8) is 0 Å². The molecule has 1 heterocycles. The molecule has 1 aromatic carbocycles. The average Bonchev–Trinajstić information content (AvgIpc) is 2.63. The number of hydrogen-bond donors (Lipinski definition) is 0. The maximum absolute atomic E-state index is 11.1. The zero-order chi connectivity index (χ0) is 9.26. The second-order valence-corrected chi connectivity index (χ2v) is 2.52. The molecular weight excluding hydrogens is 168 g/mol. The number of benzene rings is 1. The van der Waals surface area contributed by atoms with Crippen LogP contribution in [0.25, 0.3) is 0 Å². The van der Waals surface area contributed by atoms with Crippen molar-refractivity contribution >= 4 is 23.4 Å². The fourth-order valence-corrected chi connectivity index (χ4v) is 1.09. The molecule has 0 saturated carbocycles. The Balaban J connectivity index is 2.43. The summed E-state index contributed by atoms with van der Waals surface area (Å²) in [6.07, 6.45) is 0. The Hall–Kier alpha value is -1.93. The van der Waals surface area contributed by atoms with Gasteiger partial charge in [0.2, 0.25) is 0 Å². The summed E-state index contributed by atoms with van der Waals surface area (Å²) in [7, 11) is 1.34. The molecule has 0 spiro atoms. The van der Waals surface area contributed by atoms with E-state index in [0.717, 1.165) is 5.69 Å². The molecule has 1 aromatic rings. The quantitative estimate of drug-likeness (QED) is 0.620. The lowest BCUT2D eigenvalue weighted by Crippen LogP contribution is -1.99. The molecule has 1 aliphatic rings. The molecule has 0 aromatic heterocycles. The maximum atomic E-state index is 11.1. The number of fused-ring (bicyclic) bond motifs is 1. The summed E-state index contributed by atoms with van der Waals surface area (Å²) in [5.41, 5.74) is 1.86. The van der Waals surface area contributed by atoms with Crippen LogP contribution in [0.15, 0.2) is 28.2 Å². The van der Waals surface area contributed by atoms with Crippen LogP contribution < -0.4 is 0 Å². The topological polar surface area (TPSA) is 51.0 Å². The number of esters is 1. The van der Waals surface area contributed by atoms with Crippen LogP contribution in [-0.4, -0.2) is 19.1 Å². The number of nitrogens with zero attached hydrogens (tertiary/aromatic N) is 2. The van der Waals surface area contributed by atoms with Crippen molar-refractivity contribution in [2.75, 3.05) is 7.11 Å². The highest BCUT2D eigenvalue weighted by Gasteiger charge is 2.10. The first-order valence-corrected chi connectivity index (χ1v) is 3.70. The first kappa shape index (κ1) is 7.71. The van der Waals surface area contributed by atoms with Gasteiger partial charge in [0, 0.05) is 0 Å². The third kappa shape index (κ3) is 1.23. The Kier molecular flexibility index (Phi) is 1.69. The van der Waals surface area contributed by atoms with Crippen molar-refractivity contribution in [2.24, 2.45) is 9.98 Å². The van der Waals surface area contributed by atoms with Gasteiger partial charge in [-0.1, -0.05) is 0 Å². The SMILES string of the molecule is COC(=O)c1ccc2c(c1)N=C=N2. The summed E-state index contributed by atoms with van der Waals surface area (Å²) in [6, 6.07) is 7.46. The van der Waals surface area contributed by atoms with E-state index in [1.165, 1.54) is 7.11 Å². The Labute approximate surface area is 74.6 Å². The number of carbonyl (C=O) groups is 1. The van der Waals surface area contributed by atoms with Crippen LogP contribution >= 0.6 is 0 Å². The van der Waals surface area contributed by atoms with E-state index in [0.29, 0.717) is 11.3 Å². The average molecular weight is 174 g/mol. The minimum Gasteiger partial charge on any atom is -0.465 e. The molecule has 0 unspecified atom stereocenters. The predicted octanol–water partition coefficient (Wildman–Crippen LogP) is 1.92. The summed E-state index contributed by atoms with van der Waals surface area (Å²) in [4.78, 5) is 18.8. The van der Waals surface area contributed by atoms with E-state index in [9.17, 15) is 4.79 Å². The van der Waals surface area contributed by atoms with Gasteiger partial charge < -0.3 is 4.74 Å². The number of ether oxygens (including phenoxy) is 1. The van der Waals surface area contributed by atoms with Gasteiger partial charge in [-0.05, 0) is 18.2 Å². The minimum atomic E-state index is -0.370. The Morgan fingerprint density at radius 2 is 2.15 bits per heavy atom. The normalized spacial score (nSPS) is 11.5. The smallest absolute Gasteiger partial charge is 0.337 e. The number of aliphatic imine (C=N–C) groups is 2. The number of hydrogen-bond acceptors (Lipinski definition) is 4. The standard InChI is InChI=1S/C9H6N2O2/c1-13-9(12)6-2-3-7-8(4-6)11-5-10-7/h2-4H,1H3. The highest BCUT2D eigenvalue weighted by atomic mass is 16.5. The van der Waals surface area contributed by atoms with E-state index in [1.54, 1.807) is 18.2 Å². The summed E-state index contributed by atoms with van der Waals surface area (Å²) >= 11 is 0. The van der Waals surface area contributed by atoms with Crippen molar-refractivity contribution in [2.45, 2.75) is 0 Å². The van der Waals surface area contributed by atoms with Gasteiger partial charge in [0.1, 0.15) is 17.4 Å². The van der Waals surface area contributed by atoms with Gasteiger partial charge >= 0.3 is 5.97 Å². The highest BCUT2D eigenvalue weighted by molar-refractivity contribution is 5.92. The van der Waals surface area contributed by atoms with E-state index in [2.05, 4.69) is 20.7 Å². The van der Waals surface area contributed by atoms with Gasteiger partial charge in [-0.15, -0.1) is 0 Å². The zero-order valence-electron chi connectivity index (χ0n) is 6.94. The van der Waals surface area contributed by atoms with Crippen LogP contribution in [0.4, 0.5) is 11.4 Å². The Morgan fingerprint density at radius 3 is 2.92 bits per heavy atom. The largest absolute Gasteiger partial charge is 0.465 e. The molecule has 0 saturated heterocycles. The first-order valence-electron chi connectivity index (χ1n) is 3.70. The van der Waals surface area contributed by atoms with Crippen molar-refractivity contribution < 1.29 is 9.53 Å². The van der Waals surface area contributed by atoms with Gasteiger partial charge in [-0.3, -0.25) is 0 Å². The highest BCUT2D eigenvalue weighted by Crippen LogP contribution is 2.31. The van der Waals surface area contributed by atoms with Crippen molar-refractivity contribution in [1.29, 1.82) is 0 Å². The number of methoxy groups -OCH3 is 1. The van der Waals surface area contributed by atoms with Crippen LogP contribution in [0.2, 0.25) is 0 Å². The summed E-state index contributed by atoms with van der Waals surface area (Å²) < 4.78 is 4.56. The molecule has 2 rings (SSSR count). The molecule has 0 amide bonds. The summed E-state index contributed by atoms with van der Waals surface area (Å²) in [5.74, 6) is -0.370. The lowest BCUT2D eigenvalue weighted by Gasteiger charge is -1.99. The molecule has 4 heteroatoms. The maximum Gasteiger partial charge on any atom is 0.337 e. The molecule has 0 fully saturated rings. The minimum absolute atomic E-state index is 0.370. The van der Waals surface area contributed by atoms with Gasteiger partial charge in [0.25, 0.3) is 0 Å². The van der Waals surface area contributed by atoms with Gasteiger partial charge in [0.05, 0.1) is 12.7 Å². The third-order valence-electron chi connectivity index (χ3n) is 1.74. The Bertz CT molecular complexity index is 431. The fourth-order valence-electron chi connectivity index (χ4n) is 1.09. The molecule has 13 heavy (non-hydrogen) atoms. The van der Waals surface area contributed by atoms with E-state index < -0.39 is 0 Å². The molecule has 64 valence electrons. The van der Waals surface area contributed by atoms with Gasteiger partial charge in [0.15, 0.2) is 0 Å². The molecular formula is C9H6N2O2. The second kappa shape index (κ2) is 2.84. The Morgan fingerprint density at radius 1 is 1.38 bits per heavy atom. The van der Waals surface area contributed by atoms with Crippen molar-refractivity contribution in [3.8, 4) is 0 Å². The molecule has 1 aliphatic heterocycles. The van der Waals surface area contributed by atoms with Gasteiger partial charge in [-0.2, -0.15) is 9.98 Å². The lowest BCUT2D eigenvalue weighted by atomic mass is 10.2. The predicted molar refractivity (Wildman–Crippen MR) is 47.0 cm³/mol.